The fraction of sp³-hybridized carbons (Fsp3) is 0.200. The van der Waals surface area contributed by atoms with E-state index in [0.29, 0.717) is 16.3 Å². The van der Waals surface area contributed by atoms with E-state index in [4.69, 9.17) is 16.3 Å². The molecule has 0 fully saturated rings. The maximum absolute atomic E-state index is 13.4. The predicted octanol–water partition coefficient (Wildman–Crippen LogP) is 4.25. The molecule has 0 heterocycles. The number of ether oxygens (including phenoxy) is 1. The van der Waals surface area contributed by atoms with E-state index >= 15 is 0 Å². The molecule has 1 N–H and O–H groups in total. The summed E-state index contributed by atoms with van der Waals surface area (Å²) in [4.78, 5) is 0. The van der Waals surface area contributed by atoms with Crippen LogP contribution >= 0.6 is 11.6 Å². The second-order valence-electron chi connectivity index (χ2n) is 4.39. The van der Waals surface area contributed by atoms with Gasteiger partial charge in [0.2, 0.25) is 0 Å². The Hall–Kier alpha value is -1.65. The molecule has 0 aliphatic heterocycles. The summed E-state index contributed by atoms with van der Waals surface area (Å²) in [6.07, 6.45) is -0.637. The number of halogens is 3. The van der Waals surface area contributed by atoms with Crippen molar-refractivity contribution in [2.24, 2.45) is 0 Å². The van der Waals surface area contributed by atoms with E-state index in [0.717, 1.165) is 18.2 Å². The van der Waals surface area contributed by atoms with Crippen LogP contribution in [0.2, 0.25) is 5.02 Å². The summed E-state index contributed by atoms with van der Waals surface area (Å²) in [5.74, 6) is -0.719. The Bertz CT molecular complexity index is 615. The van der Waals surface area contributed by atoms with Crippen LogP contribution in [0.3, 0.4) is 0 Å². The summed E-state index contributed by atoms with van der Waals surface area (Å²) >= 11 is 6.01. The Morgan fingerprint density at radius 3 is 2.60 bits per heavy atom. The van der Waals surface area contributed by atoms with Crippen LogP contribution < -0.4 is 4.74 Å². The normalized spacial score (nSPS) is 12.2. The van der Waals surface area contributed by atoms with Crippen molar-refractivity contribution in [2.75, 3.05) is 0 Å². The zero-order valence-electron chi connectivity index (χ0n) is 10.7. The van der Waals surface area contributed by atoms with Crippen molar-refractivity contribution < 1.29 is 18.6 Å². The Labute approximate surface area is 120 Å². The third-order valence-corrected chi connectivity index (χ3v) is 3.12. The SMILES string of the molecule is CC(O)c1ccc(OCc2cc(F)ccc2F)c(Cl)c1. The third-order valence-electron chi connectivity index (χ3n) is 2.83. The van der Waals surface area contributed by atoms with Gasteiger partial charge < -0.3 is 9.84 Å². The Morgan fingerprint density at radius 2 is 1.95 bits per heavy atom. The largest absolute Gasteiger partial charge is 0.487 e. The maximum atomic E-state index is 13.4. The van der Waals surface area contributed by atoms with E-state index in [1.54, 1.807) is 25.1 Å². The zero-order valence-corrected chi connectivity index (χ0v) is 11.5. The topological polar surface area (TPSA) is 29.5 Å². The molecule has 0 aliphatic rings. The van der Waals surface area contributed by atoms with Crippen LogP contribution in [0.25, 0.3) is 0 Å². The van der Waals surface area contributed by atoms with Gasteiger partial charge in [0.1, 0.15) is 24.0 Å². The van der Waals surface area contributed by atoms with Gasteiger partial charge in [-0.25, -0.2) is 8.78 Å². The first-order chi connectivity index (χ1) is 9.47. The maximum Gasteiger partial charge on any atom is 0.138 e. The van der Waals surface area contributed by atoms with Crippen molar-refractivity contribution in [2.45, 2.75) is 19.6 Å². The fourth-order valence-electron chi connectivity index (χ4n) is 1.70. The molecule has 2 rings (SSSR count). The molecule has 0 aromatic heterocycles. The Kier molecular flexibility index (Phi) is 4.57. The third kappa shape index (κ3) is 3.46. The van der Waals surface area contributed by atoms with E-state index in [1.807, 2.05) is 0 Å². The van der Waals surface area contributed by atoms with E-state index in [-0.39, 0.29) is 12.2 Å². The first-order valence-corrected chi connectivity index (χ1v) is 6.39. The molecule has 0 saturated carbocycles. The van der Waals surface area contributed by atoms with Gasteiger partial charge in [0.05, 0.1) is 11.1 Å². The highest BCUT2D eigenvalue weighted by molar-refractivity contribution is 6.32. The molecule has 106 valence electrons. The number of aliphatic hydroxyl groups excluding tert-OH is 1. The van der Waals surface area contributed by atoms with E-state index in [1.165, 1.54) is 0 Å². The lowest BCUT2D eigenvalue weighted by Gasteiger charge is -2.11. The van der Waals surface area contributed by atoms with Gasteiger partial charge in [0, 0.05) is 5.56 Å². The monoisotopic (exact) mass is 298 g/mol. The van der Waals surface area contributed by atoms with Crippen LogP contribution in [0.1, 0.15) is 24.2 Å². The van der Waals surface area contributed by atoms with Crippen LogP contribution in [0.15, 0.2) is 36.4 Å². The van der Waals surface area contributed by atoms with Gasteiger partial charge in [-0.15, -0.1) is 0 Å². The molecular weight excluding hydrogens is 286 g/mol. The lowest BCUT2D eigenvalue weighted by Crippen LogP contribution is -2.00. The van der Waals surface area contributed by atoms with Gasteiger partial charge in [-0.1, -0.05) is 17.7 Å². The summed E-state index contributed by atoms with van der Waals surface area (Å²) in [5.41, 5.74) is 0.764. The molecule has 0 saturated heterocycles. The molecule has 1 unspecified atom stereocenters. The zero-order chi connectivity index (χ0) is 14.7. The molecule has 20 heavy (non-hydrogen) atoms. The number of hydrogen-bond donors (Lipinski definition) is 1. The Morgan fingerprint density at radius 1 is 1.20 bits per heavy atom. The summed E-state index contributed by atoms with van der Waals surface area (Å²) in [5, 5.41) is 9.73. The minimum absolute atomic E-state index is 0.112. The highest BCUT2D eigenvalue weighted by atomic mass is 35.5. The van der Waals surface area contributed by atoms with Crippen LogP contribution in [-0.4, -0.2) is 5.11 Å². The van der Waals surface area contributed by atoms with Crippen molar-refractivity contribution in [1.82, 2.24) is 0 Å². The first-order valence-electron chi connectivity index (χ1n) is 6.01. The summed E-state index contributed by atoms with van der Waals surface area (Å²) in [6, 6.07) is 7.99. The summed E-state index contributed by atoms with van der Waals surface area (Å²) in [6.45, 7) is 1.49. The average molecular weight is 299 g/mol. The molecule has 0 amide bonds. The van der Waals surface area contributed by atoms with Gasteiger partial charge >= 0.3 is 0 Å². The molecule has 0 aliphatic carbocycles. The van der Waals surface area contributed by atoms with Gasteiger partial charge in [0.25, 0.3) is 0 Å². The van der Waals surface area contributed by atoms with E-state index in [2.05, 4.69) is 0 Å². The second-order valence-corrected chi connectivity index (χ2v) is 4.80. The number of rotatable bonds is 4. The molecule has 5 heteroatoms. The van der Waals surface area contributed by atoms with Crippen LogP contribution in [0.5, 0.6) is 5.75 Å². The van der Waals surface area contributed by atoms with Crippen molar-refractivity contribution >= 4 is 11.6 Å². The number of benzene rings is 2. The van der Waals surface area contributed by atoms with Crippen molar-refractivity contribution in [3.8, 4) is 5.75 Å². The molecule has 2 aromatic rings. The molecule has 1 atom stereocenters. The lowest BCUT2D eigenvalue weighted by atomic mass is 10.1. The van der Waals surface area contributed by atoms with Crippen LogP contribution in [0, 0.1) is 11.6 Å². The second kappa shape index (κ2) is 6.20. The van der Waals surface area contributed by atoms with Crippen molar-refractivity contribution in [3.63, 3.8) is 0 Å². The highest BCUT2D eigenvalue weighted by Crippen LogP contribution is 2.28. The minimum Gasteiger partial charge on any atom is -0.487 e. The molecule has 0 bridgehead atoms. The van der Waals surface area contributed by atoms with E-state index < -0.39 is 17.7 Å². The highest BCUT2D eigenvalue weighted by Gasteiger charge is 2.09. The van der Waals surface area contributed by atoms with Gasteiger partial charge in [-0.2, -0.15) is 0 Å². The predicted molar refractivity (Wildman–Crippen MR) is 72.8 cm³/mol. The Balaban J connectivity index is 2.13. The van der Waals surface area contributed by atoms with Gasteiger partial charge in [0.15, 0.2) is 0 Å². The molecule has 0 spiro atoms. The molecule has 2 nitrogen and oxygen atoms in total. The lowest BCUT2D eigenvalue weighted by molar-refractivity contribution is 0.199. The average Bonchev–Trinajstić information content (AvgIpc) is 2.40. The minimum atomic E-state index is -0.637. The van der Waals surface area contributed by atoms with E-state index in [9.17, 15) is 13.9 Å². The van der Waals surface area contributed by atoms with Crippen molar-refractivity contribution in [1.29, 1.82) is 0 Å². The smallest absolute Gasteiger partial charge is 0.138 e. The molecular formula is C15H13ClF2O2. The molecule has 2 aromatic carbocycles. The molecule has 0 radical (unpaired) electrons. The summed E-state index contributed by atoms with van der Waals surface area (Å²) < 4.78 is 31.8. The number of aliphatic hydroxyl groups is 1. The quantitative estimate of drug-likeness (QED) is 0.914. The standard InChI is InChI=1S/C15H13ClF2O2/c1-9(19)10-2-5-15(13(16)7-10)20-8-11-6-12(17)3-4-14(11)18/h2-7,9,19H,8H2,1H3. The van der Waals surface area contributed by atoms with Crippen LogP contribution in [-0.2, 0) is 6.61 Å². The van der Waals surface area contributed by atoms with Gasteiger partial charge in [-0.3, -0.25) is 0 Å². The number of hydrogen-bond acceptors (Lipinski definition) is 2. The van der Waals surface area contributed by atoms with Gasteiger partial charge in [-0.05, 0) is 42.8 Å². The van der Waals surface area contributed by atoms with Crippen molar-refractivity contribution in [3.05, 3.63) is 64.2 Å². The first kappa shape index (κ1) is 14.8. The van der Waals surface area contributed by atoms with Crippen LogP contribution in [0.4, 0.5) is 8.78 Å². The summed E-state index contributed by atoms with van der Waals surface area (Å²) in [7, 11) is 0. The fourth-order valence-corrected chi connectivity index (χ4v) is 1.95.